The molecule has 0 bridgehead atoms. The molecule has 0 saturated carbocycles. The second-order valence-electron chi connectivity index (χ2n) is 6.95. The molecule has 2 aromatic heterocycles. The van der Waals surface area contributed by atoms with E-state index >= 15 is 0 Å². The molecule has 1 aliphatic heterocycles. The number of thiazole rings is 1. The lowest BCUT2D eigenvalue weighted by atomic mass is 10.3. The van der Waals surface area contributed by atoms with Crippen molar-refractivity contribution < 1.29 is 17.5 Å². The molecule has 3 heterocycles. The fourth-order valence-corrected chi connectivity index (χ4v) is 7.86. The number of rotatable bonds is 6. The van der Waals surface area contributed by atoms with Crippen LogP contribution >= 0.6 is 34.4 Å². The number of hydrogen-bond donors (Lipinski definition) is 1. The molecule has 9 heteroatoms. The van der Waals surface area contributed by atoms with Crippen LogP contribution in [0.25, 0.3) is 15.6 Å². The summed E-state index contributed by atoms with van der Waals surface area (Å²) in [4.78, 5) is 6.01. The maximum absolute atomic E-state index is 11.2. The second-order valence-corrected chi connectivity index (χ2v) is 11.8. The summed E-state index contributed by atoms with van der Waals surface area (Å²) >= 11 is 5.36. The molecule has 1 aliphatic rings. The number of thioether (sulfide) groups is 1. The number of thiophene rings is 1. The number of hydrogen-bond acceptors (Lipinski definition) is 6. The van der Waals surface area contributed by atoms with Gasteiger partial charge >= 0.3 is 0 Å². The minimum absolute atomic E-state index is 0.230. The Morgan fingerprint density at radius 2 is 1.97 bits per heavy atom. The Balaban J connectivity index is 1.72. The standard InChI is InChI=1S/C20H22N2O3S4/c1-4-21-17(28-19-13(2)14(3)26-20(19)21)12-18-22(10-7-11-29(23,24)25)15-8-5-6-9-16(15)27-18/h5-6,8-9,12H,4,7,10-11H2,1-3H3/p+1. The van der Waals surface area contributed by atoms with Crippen molar-refractivity contribution in [2.75, 3.05) is 17.2 Å². The monoisotopic (exact) mass is 467 g/mol. The highest BCUT2D eigenvalue weighted by molar-refractivity contribution is 8.03. The quantitative estimate of drug-likeness (QED) is 0.405. The molecule has 0 saturated heterocycles. The van der Waals surface area contributed by atoms with E-state index < -0.39 is 10.1 Å². The van der Waals surface area contributed by atoms with Crippen LogP contribution in [-0.4, -0.2) is 25.3 Å². The van der Waals surface area contributed by atoms with E-state index in [1.54, 1.807) is 11.8 Å². The fraction of sp³-hybridized carbons (Fsp3) is 0.350. The van der Waals surface area contributed by atoms with Crippen LogP contribution in [-0.2, 0) is 16.7 Å². The molecule has 0 spiro atoms. The number of anilines is 1. The van der Waals surface area contributed by atoms with Gasteiger partial charge in [-0.3, -0.25) is 4.55 Å². The zero-order chi connectivity index (χ0) is 20.8. The number of aryl methyl sites for hydroxylation is 3. The Kier molecular flexibility index (Phi) is 5.78. The van der Waals surface area contributed by atoms with Gasteiger partial charge in [-0.1, -0.05) is 46.6 Å². The summed E-state index contributed by atoms with van der Waals surface area (Å²) in [6, 6.07) is 8.16. The van der Waals surface area contributed by atoms with Gasteiger partial charge in [0.05, 0.1) is 22.5 Å². The van der Waals surface area contributed by atoms with Crippen molar-refractivity contribution in [1.29, 1.82) is 0 Å². The number of aromatic nitrogens is 1. The summed E-state index contributed by atoms with van der Waals surface area (Å²) in [6.07, 6.45) is 2.59. The van der Waals surface area contributed by atoms with Gasteiger partial charge in [0.1, 0.15) is 11.2 Å². The fourth-order valence-electron chi connectivity index (χ4n) is 3.45. The minimum atomic E-state index is -3.95. The van der Waals surface area contributed by atoms with Crippen LogP contribution in [0.5, 0.6) is 0 Å². The van der Waals surface area contributed by atoms with E-state index in [-0.39, 0.29) is 5.75 Å². The van der Waals surface area contributed by atoms with Crippen LogP contribution in [0.15, 0.2) is 34.2 Å². The Hall–Kier alpha value is -1.39. The van der Waals surface area contributed by atoms with Crippen molar-refractivity contribution in [3.8, 4) is 0 Å². The summed E-state index contributed by atoms with van der Waals surface area (Å²) in [7, 11) is -3.95. The molecule has 0 unspecified atom stereocenters. The number of fused-ring (bicyclic) bond motifs is 2. The number of para-hydroxylation sites is 1. The highest BCUT2D eigenvalue weighted by Gasteiger charge is 2.28. The zero-order valence-corrected chi connectivity index (χ0v) is 19.8. The average Bonchev–Trinajstić information content (AvgIpc) is 3.26. The lowest BCUT2D eigenvalue weighted by molar-refractivity contribution is -0.663. The van der Waals surface area contributed by atoms with Crippen LogP contribution in [0, 0.1) is 13.8 Å². The molecule has 0 radical (unpaired) electrons. The molecule has 154 valence electrons. The maximum atomic E-state index is 11.2. The van der Waals surface area contributed by atoms with Gasteiger partial charge in [-0.05, 0) is 44.9 Å². The topological polar surface area (TPSA) is 61.5 Å². The third-order valence-corrected chi connectivity index (χ3v) is 9.54. The Morgan fingerprint density at radius 1 is 1.21 bits per heavy atom. The van der Waals surface area contributed by atoms with Gasteiger partial charge in [-0.2, -0.15) is 13.0 Å². The van der Waals surface area contributed by atoms with Crippen molar-refractivity contribution >= 4 is 65.8 Å². The summed E-state index contributed by atoms with van der Waals surface area (Å²) in [6.45, 7) is 7.96. The van der Waals surface area contributed by atoms with Crippen LogP contribution in [0.2, 0.25) is 0 Å². The summed E-state index contributed by atoms with van der Waals surface area (Å²) < 4.78 is 35.1. The Morgan fingerprint density at radius 3 is 2.69 bits per heavy atom. The van der Waals surface area contributed by atoms with Crippen LogP contribution in [0.1, 0.15) is 28.8 Å². The lowest BCUT2D eigenvalue weighted by Crippen LogP contribution is -2.33. The van der Waals surface area contributed by atoms with Crippen molar-refractivity contribution in [2.24, 2.45) is 0 Å². The molecule has 5 nitrogen and oxygen atoms in total. The van der Waals surface area contributed by atoms with Gasteiger partial charge in [0, 0.05) is 16.3 Å². The van der Waals surface area contributed by atoms with E-state index in [4.69, 9.17) is 4.55 Å². The van der Waals surface area contributed by atoms with E-state index in [1.165, 1.54) is 29.9 Å². The van der Waals surface area contributed by atoms with Crippen LogP contribution in [0.4, 0.5) is 5.69 Å². The normalized spacial score (nSPS) is 15.6. The highest BCUT2D eigenvalue weighted by Crippen LogP contribution is 2.47. The molecule has 29 heavy (non-hydrogen) atoms. The van der Waals surface area contributed by atoms with Gasteiger partial charge in [-0.15, -0.1) is 0 Å². The maximum Gasteiger partial charge on any atom is 0.280 e. The van der Waals surface area contributed by atoms with E-state index in [2.05, 4.69) is 48.4 Å². The van der Waals surface area contributed by atoms with Crippen molar-refractivity contribution in [1.82, 2.24) is 0 Å². The predicted molar refractivity (Wildman–Crippen MR) is 124 cm³/mol. The van der Waals surface area contributed by atoms with Crippen molar-refractivity contribution in [3.63, 3.8) is 0 Å². The smallest absolute Gasteiger partial charge is 0.280 e. The first-order valence-corrected chi connectivity index (χ1v) is 13.5. The van der Waals surface area contributed by atoms with Crippen molar-refractivity contribution in [2.45, 2.75) is 38.6 Å². The van der Waals surface area contributed by atoms with Crippen LogP contribution < -0.4 is 9.47 Å². The predicted octanol–water partition coefficient (Wildman–Crippen LogP) is 5.08. The number of benzene rings is 1. The van der Waals surface area contributed by atoms with E-state index in [1.807, 2.05) is 34.8 Å². The first-order valence-electron chi connectivity index (χ1n) is 9.42. The molecule has 0 fully saturated rings. The van der Waals surface area contributed by atoms with E-state index in [9.17, 15) is 8.42 Å². The lowest BCUT2D eigenvalue weighted by Gasteiger charge is -2.19. The minimum Gasteiger partial charge on any atom is -0.335 e. The molecule has 0 atom stereocenters. The third kappa shape index (κ3) is 4.11. The Labute approximate surface area is 183 Å². The number of nitrogens with zero attached hydrogens (tertiary/aromatic N) is 2. The summed E-state index contributed by atoms with van der Waals surface area (Å²) in [5.74, 6) is -0.230. The molecule has 1 N–H and O–H groups in total. The van der Waals surface area contributed by atoms with Gasteiger partial charge in [0.25, 0.3) is 20.0 Å². The van der Waals surface area contributed by atoms with Gasteiger partial charge < -0.3 is 4.90 Å². The first kappa shape index (κ1) is 20.9. The van der Waals surface area contributed by atoms with E-state index in [0.717, 1.165) is 17.3 Å². The summed E-state index contributed by atoms with van der Waals surface area (Å²) in [5, 5.41) is 2.29. The molecule has 0 aliphatic carbocycles. The molecular weight excluding hydrogens is 444 g/mol. The molecule has 1 aromatic carbocycles. The van der Waals surface area contributed by atoms with E-state index in [0.29, 0.717) is 13.0 Å². The van der Waals surface area contributed by atoms with Gasteiger partial charge in [0.2, 0.25) is 0 Å². The largest absolute Gasteiger partial charge is 0.335 e. The second kappa shape index (κ2) is 8.03. The van der Waals surface area contributed by atoms with Gasteiger partial charge in [0.15, 0.2) is 0 Å². The highest BCUT2D eigenvalue weighted by atomic mass is 32.2. The Bertz CT molecular complexity index is 1210. The van der Waals surface area contributed by atoms with Crippen LogP contribution in [0.3, 0.4) is 0 Å². The summed E-state index contributed by atoms with van der Waals surface area (Å²) in [5.41, 5.74) is 2.45. The molecule has 4 rings (SSSR count). The first-order chi connectivity index (χ1) is 13.8. The third-order valence-electron chi connectivity index (χ3n) is 5.01. The molecule has 0 amide bonds. The average molecular weight is 468 g/mol. The van der Waals surface area contributed by atoms with Gasteiger partial charge in [-0.25, -0.2) is 0 Å². The van der Waals surface area contributed by atoms with Crippen molar-refractivity contribution in [3.05, 3.63) is 44.7 Å². The molecular formula is C20H23N2O3S4+. The SMILES string of the molecule is CC[n+]1c(/C=C2\Sc3ccccc3N2CCCS(=O)(=O)O)sc2c(C)c(C)sc21. The molecule has 3 aromatic rings. The zero-order valence-electron chi connectivity index (χ0n) is 16.5.